The molecule has 3 rings (SSSR count). The topological polar surface area (TPSA) is 59.8 Å². The van der Waals surface area contributed by atoms with Crippen molar-refractivity contribution < 1.29 is 9.18 Å². The number of hydrogen-bond donors (Lipinski definition) is 1. The zero-order valence-electron chi connectivity index (χ0n) is 12.7. The third-order valence-corrected chi connectivity index (χ3v) is 3.50. The molecule has 3 aromatic rings. The van der Waals surface area contributed by atoms with Crippen LogP contribution in [-0.4, -0.2) is 20.7 Å². The van der Waals surface area contributed by atoms with Crippen LogP contribution in [0.4, 0.5) is 10.2 Å². The lowest BCUT2D eigenvalue weighted by molar-refractivity contribution is 0.102. The van der Waals surface area contributed by atoms with Crippen molar-refractivity contribution in [3.8, 4) is 5.69 Å². The Bertz CT molecular complexity index is 841. The Morgan fingerprint density at radius 2 is 1.87 bits per heavy atom. The van der Waals surface area contributed by atoms with Gasteiger partial charge < -0.3 is 5.32 Å². The van der Waals surface area contributed by atoms with E-state index in [1.165, 1.54) is 12.1 Å². The van der Waals surface area contributed by atoms with Crippen molar-refractivity contribution in [3.63, 3.8) is 0 Å². The highest BCUT2D eigenvalue weighted by Gasteiger charge is 2.19. The lowest BCUT2D eigenvalue weighted by Gasteiger charge is -2.06. The van der Waals surface area contributed by atoms with Gasteiger partial charge in [-0.3, -0.25) is 4.79 Å². The molecule has 0 saturated carbocycles. The molecular weight excluding hydrogens is 295 g/mol. The van der Waals surface area contributed by atoms with Crippen LogP contribution < -0.4 is 5.32 Å². The molecule has 0 saturated heterocycles. The van der Waals surface area contributed by atoms with Crippen LogP contribution in [0.1, 0.15) is 21.7 Å². The number of halogens is 1. The van der Waals surface area contributed by atoms with E-state index in [1.54, 1.807) is 55.1 Å². The van der Waals surface area contributed by atoms with Crippen LogP contribution in [0.25, 0.3) is 5.69 Å². The van der Waals surface area contributed by atoms with Gasteiger partial charge in [-0.1, -0.05) is 6.07 Å². The summed E-state index contributed by atoms with van der Waals surface area (Å²) in [5.41, 5.74) is 2.46. The molecule has 0 bridgehead atoms. The van der Waals surface area contributed by atoms with Crippen LogP contribution in [0.2, 0.25) is 0 Å². The van der Waals surface area contributed by atoms with Crippen LogP contribution in [0.3, 0.4) is 0 Å². The first-order chi connectivity index (χ1) is 11.1. The minimum absolute atomic E-state index is 0.271. The van der Waals surface area contributed by atoms with E-state index in [0.717, 1.165) is 0 Å². The Morgan fingerprint density at radius 3 is 2.52 bits per heavy atom. The molecule has 0 fully saturated rings. The van der Waals surface area contributed by atoms with Crippen molar-refractivity contribution in [2.24, 2.45) is 0 Å². The van der Waals surface area contributed by atoms with Crippen LogP contribution >= 0.6 is 0 Å². The summed E-state index contributed by atoms with van der Waals surface area (Å²) in [5.74, 6) is -0.110. The molecule has 1 amide bonds. The predicted molar refractivity (Wildman–Crippen MR) is 85.2 cm³/mol. The number of benzene rings is 1. The van der Waals surface area contributed by atoms with Gasteiger partial charge in [0.1, 0.15) is 11.6 Å². The van der Waals surface area contributed by atoms with E-state index in [1.807, 2.05) is 0 Å². The normalized spacial score (nSPS) is 10.6. The summed E-state index contributed by atoms with van der Waals surface area (Å²) in [4.78, 5) is 16.6. The fraction of sp³-hybridized carbons (Fsp3) is 0.118. The maximum Gasteiger partial charge on any atom is 0.260 e. The third kappa shape index (κ3) is 2.96. The Labute approximate surface area is 132 Å². The standard InChI is InChI=1S/C17H15FN4O/c1-11-16(17(23)20-15-5-3-4-10-19-15)12(2)22(21-11)14-8-6-13(18)7-9-14/h3-10H,1-2H3,(H,19,20,23). The second-order valence-corrected chi connectivity index (χ2v) is 5.10. The number of carbonyl (C=O) groups is 1. The van der Waals surface area contributed by atoms with E-state index >= 15 is 0 Å². The minimum atomic E-state index is -0.316. The highest BCUT2D eigenvalue weighted by molar-refractivity contribution is 6.05. The Hall–Kier alpha value is -3.02. The maximum absolute atomic E-state index is 13.1. The zero-order valence-corrected chi connectivity index (χ0v) is 12.7. The second kappa shape index (κ2) is 6.00. The largest absolute Gasteiger partial charge is 0.306 e. The summed E-state index contributed by atoms with van der Waals surface area (Å²) < 4.78 is 14.7. The number of amides is 1. The van der Waals surface area contributed by atoms with Gasteiger partial charge in [-0.05, 0) is 50.2 Å². The molecule has 0 atom stereocenters. The van der Waals surface area contributed by atoms with Crippen molar-refractivity contribution in [2.45, 2.75) is 13.8 Å². The first-order valence-corrected chi connectivity index (χ1v) is 7.11. The summed E-state index contributed by atoms with van der Waals surface area (Å²) in [6, 6.07) is 11.2. The molecule has 2 heterocycles. The highest BCUT2D eigenvalue weighted by Crippen LogP contribution is 2.19. The van der Waals surface area contributed by atoms with Gasteiger partial charge in [-0.2, -0.15) is 5.10 Å². The van der Waals surface area contributed by atoms with Gasteiger partial charge in [-0.15, -0.1) is 0 Å². The average molecular weight is 310 g/mol. The summed E-state index contributed by atoms with van der Waals surface area (Å²) >= 11 is 0. The number of aromatic nitrogens is 3. The Kier molecular flexibility index (Phi) is 3.89. The van der Waals surface area contributed by atoms with Gasteiger partial charge >= 0.3 is 0 Å². The predicted octanol–water partition coefficient (Wildman–Crippen LogP) is 3.28. The Morgan fingerprint density at radius 1 is 1.13 bits per heavy atom. The Balaban J connectivity index is 1.94. The molecule has 0 aliphatic heterocycles. The molecule has 5 nitrogen and oxygen atoms in total. The third-order valence-electron chi connectivity index (χ3n) is 3.50. The minimum Gasteiger partial charge on any atom is -0.306 e. The second-order valence-electron chi connectivity index (χ2n) is 5.10. The number of nitrogens with one attached hydrogen (secondary N) is 1. The van der Waals surface area contributed by atoms with E-state index in [-0.39, 0.29) is 11.7 Å². The molecule has 0 spiro atoms. The van der Waals surface area contributed by atoms with Gasteiger partial charge in [0, 0.05) is 6.20 Å². The molecule has 0 aliphatic rings. The number of carbonyl (C=O) groups excluding carboxylic acids is 1. The van der Waals surface area contributed by atoms with E-state index in [4.69, 9.17) is 0 Å². The molecular formula is C17H15FN4O. The number of nitrogens with zero attached hydrogens (tertiary/aromatic N) is 3. The fourth-order valence-corrected chi connectivity index (χ4v) is 2.42. The average Bonchev–Trinajstić information content (AvgIpc) is 2.84. The van der Waals surface area contributed by atoms with Crippen molar-refractivity contribution in [3.05, 3.63) is 71.4 Å². The molecule has 2 aromatic heterocycles. The first-order valence-electron chi connectivity index (χ1n) is 7.11. The van der Waals surface area contributed by atoms with Gasteiger partial charge in [0.05, 0.1) is 22.6 Å². The van der Waals surface area contributed by atoms with Crippen LogP contribution in [0.15, 0.2) is 48.7 Å². The molecule has 1 aromatic carbocycles. The molecule has 0 radical (unpaired) electrons. The quantitative estimate of drug-likeness (QED) is 0.807. The van der Waals surface area contributed by atoms with Gasteiger partial charge in [0.15, 0.2) is 0 Å². The van der Waals surface area contributed by atoms with Crippen LogP contribution in [-0.2, 0) is 0 Å². The summed E-state index contributed by atoms with van der Waals surface area (Å²) in [5, 5.41) is 7.14. The van der Waals surface area contributed by atoms with E-state index in [0.29, 0.717) is 28.5 Å². The molecule has 0 unspecified atom stereocenters. The number of pyridine rings is 1. The first kappa shape index (κ1) is 14.9. The molecule has 1 N–H and O–H groups in total. The van der Waals surface area contributed by atoms with Gasteiger partial charge in [0.25, 0.3) is 5.91 Å². The SMILES string of the molecule is Cc1nn(-c2ccc(F)cc2)c(C)c1C(=O)Nc1ccccn1. The summed E-state index contributed by atoms with van der Waals surface area (Å²) in [6.45, 7) is 3.57. The molecule has 6 heteroatoms. The number of anilines is 1. The van der Waals surface area contributed by atoms with Gasteiger partial charge in [0.2, 0.25) is 0 Å². The maximum atomic E-state index is 13.1. The smallest absolute Gasteiger partial charge is 0.260 e. The molecule has 0 aliphatic carbocycles. The summed E-state index contributed by atoms with van der Waals surface area (Å²) in [6.07, 6.45) is 1.61. The van der Waals surface area contributed by atoms with Crippen molar-refractivity contribution in [2.75, 3.05) is 5.32 Å². The monoisotopic (exact) mass is 310 g/mol. The van der Waals surface area contributed by atoms with Gasteiger partial charge in [-0.25, -0.2) is 14.1 Å². The number of rotatable bonds is 3. The zero-order chi connectivity index (χ0) is 16.4. The number of hydrogen-bond acceptors (Lipinski definition) is 3. The number of aryl methyl sites for hydroxylation is 1. The van der Waals surface area contributed by atoms with E-state index in [2.05, 4.69) is 15.4 Å². The van der Waals surface area contributed by atoms with Crippen LogP contribution in [0.5, 0.6) is 0 Å². The van der Waals surface area contributed by atoms with Crippen molar-refractivity contribution >= 4 is 11.7 Å². The lowest BCUT2D eigenvalue weighted by atomic mass is 10.2. The highest BCUT2D eigenvalue weighted by atomic mass is 19.1. The van der Waals surface area contributed by atoms with Crippen molar-refractivity contribution in [1.82, 2.24) is 14.8 Å². The van der Waals surface area contributed by atoms with E-state index in [9.17, 15) is 9.18 Å². The van der Waals surface area contributed by atoms with E-state index < -0.39 is 0 Å². The van der Waals surface area contributed by atoms with Crippen molar-refractivity contribution in [1.29, 1.82) is 0 Å². The molecule has 23 heavy (non-hydrogen) atoms. The summed E-state index contributed by atoms with van der Waals surface area (Å²) in [7, 11) is 0. The van der Waals surface area contributed by atoms with Crippen LogP contribution in [0, 0.1) is 19.7 Å². The fourth-order valence-electron chi connectivity index (χ4n) is 2.42. The molecule has 116 valence electrons. The lowest BCUT2D eigenvalue weighted by Crippen LogP contribution is -2.14.